The third-order valence-corrected chi connectivity index (χ3v) is 3.00. The average molecular weight is 282 g/mol. The number of nitrogens with zero attached hydrogens (tertiary/aromatic N) is 2. The fourth-order valence-corrected chi connectivity index (χ4v) is 1.67. The van der Waals surface area contributed by atoms with Crippen LogP contribution < -0.4 is 5.32 Å². The van der Waals surface area contributed by atoms with Gasteiger partial charge in [0.1, 0.15) is 6.33 Å². The van der Waals surface area contributed by atoms with Crippen LogP contribution in [0.15, 0.2) is 36.9 Å². The molecule has 1 N–H and O–H groups in total. The average Bonchev–Trinajstić information content (AvgIpc) is 2.41. The topological polar surface area (TPSA) is 54.9 Å². The molecule has 2 aromatic rings. The van der Waals surface area contributed by atoms with Gasteiger partial charge in [-0.05, 0) is 17.7 Å². The van der Waals surface area contributed by atoms with Crippen LogP contribution in [0.25, 0.3) is 0 Å². The smallest absolute Gasteiger partial charge is 0.254 e. The highest BCUT2D eigenvalue weighted by Crippen LogP contribution is 2.22. The number of benzene rings is 1. The maximum Gasteiger partial charge on any atom is 0.254 e. The van der Waals surface area contributed by atoms with Crippen molar-refractivity contribution in [2.75, 3.05) is 0 Å². The van der Waals surface area contributed by atoms with E-state index in [9.17, 15) is 4.79 Å². The summed E-state index contributed by atoms with van der Waals surface area (Å²) in [5.41, 5.74) is 1.28. The summed E-state index contributed by atoms with van der Waals surface area (Å²) in [5.74, 6) is -0.235. The molecule has 6 heteroatoms. The number of hydrogen-bond donors (Lipinski definition) is 1. The molecule has 0 aliphatic carbocycles. The lowest BCUT2D eigenvalue weighted by Crippen LogP contribution is -2.23. The van der Waals surface area contributed by atoms with E-state index in [0.717, 1.165) is 5.56 Å². The van der Waals surface area contributed by atoms with Crippen molar-refractivity contribution in [3.63, 3.8) is 0 Å². The van der Waals surface area contributed by atoms with Crippen molar-refractivity contribution in [2.45, 2.75) is 6.54 Å². The molecule has 0 bridgehead atoms. The molecular weight excluding hydrogens is 273 g/mol. The first-order valence-electron chi connectivity index (χ1n) is 5.14. The highest BCUT2D eigenvalue weighted by molar-refractivity contribution is 6.42. The number of rotatable bonds is 3. The fourth-order valence-electron chi connectivity index (χ4n) is 1.35. The summed E-state index contributed by atoms with van der Waals surface area (Å²) in [6.45, 7) is 0.366. The van der Waals surface area contributed by atoms with Crippen LogP contribution in [0.5, 0.6) is 0 Å². The maximum absolute atomic E-state index is 11.7. The van der Waals surface area contributed by atoms with Gasteiger partial charge in [-0.2, -0.15) is 0 Å². The molecule has 1 amide bonds. The van der Waals surface area contributed by atoms with Gasteiger partial charge in [0.25, 0.3) is 5.91 Å². The highest BCUT2D eigenvalue weighted by atomic mass is 35.5. The summed E-state index contributed by atoms with van der Waals surface area (Å²) in [6.07, 6.45) is 4.28. The lowest BCUT2D eigenvalue weighted by molar-refractivity contribution is 0.0950. The van der Waals surface area contributed by atoms with Crippen molar-refractivity contribution >= 4 is 29.1 Å². The number of amides is 1. The molecule has 0 saturated heterocycles. The van der Waals surface area contributed by atoms with Crippen molar-refractivity contribution in [3.8, 4) is 0 Å². The van der Waals surface area contributed by atoms with E-state index in [-0.39, 0.29) is 5.91 Å². The standard InChI is InChI=1S/C12H9Cl2N3O/c13-10-2-1-8(3-11(10)14)4-17-12(18)9-5-15-7-16-6-9/h1-3,5-7H,4H2,(H,17,18). The second-order valence-electron chi connectivity index (χ2n) is 3.56. The molecule has 0 spiro atoms. The number of hydrogen-bond acceptors (Lipinski definition) is 3. The Hall–Kier alpha value is -1.65. The lowest BCUT2D eigenvalue weighted by atomic mass is 10.2. The molecule has 0 unspecified atom stereocenters. The van der Waals surface area contributed by atoms with Crippen molar-refractivity contribution in [3.05, 3.63) is 58.1 Å². The molecule has 92 valence electrons. The minimum atomic E-state index is -0.235. The zero-order valence-electron chi connectivity index (χ0n) is 9.23. The van der Waals surface area contributed by atoms with Crippen LogP contribution in [0, 0.1) is 0 Å². The quantitative estimate of drug-likeness (QED) is 0.941. The molecule has 1 heterocycles. The Morgan fingerprint density at radius 3 is 2.56 bits per heavy atom. The van der Waals surface area contributed by atoms with E-state index in [1.165, 1.54) is 18.7 Å². The van der Waals surface area contributed by atoms with Crippen LogP contribution >= 0.6 is 23.2 Å². The second kappa shape index (κ2) is 5.80. The van der Waals surface area contributed by atoms with E-state index in [0.29, 0.717) is 22.2 Å². The molecule has 0 aliphatic rings. The van der Waals surface area contributed by atoms with Crippen LogP contribution in [0.2, 0.25) is 10.0 Å². The van der Waals surface area contributed by atoms with Gasteiger partial charge in [-0.3, -0.25) is 4.79 Å². The van der Waals surface area contributed by atoms with Crippen molar-refractivity contribution < 1.29 is 4.79 Å². The predicted octanol–water partition coefficient (Wildman–Crippen LogP) is 2.71. The Balaban J connectivity index is 1.99. The zero-order valence-corrected chi connectivity index (χ0v) is 10.7. The molecule has 2 rings (SSSR count). The summed E-state index contributed by atoms with van der Waals surface area (Å²) in [4.78, 5) is 19.3. The van der Waals surface area contributed by atoms with Gasteiger partial charge in [-0.1, -0.05) is 29.3 Å². The molecule has 4 nitrogen and oxygen atoms in total. The summed E-state index contributed by atoms with van der Waals surface area (Å²) in [6, 6.07) is 5.21. The van der Waals surface area contributed by atoms with Gasteiger partial charge in [-0.25, -0.2) is 9.97 Å². The van der Waals surface area contributed by atoms with Gasteiger partial charge in [0.05, 0.1) is 15.6 Å². The van der Waals surface area contributed by atoms with E-state index in [1.54, 1.807) is 18.2 Å². The van der Waals surface area contributed by atoms with Crippen LogP contribution in [0.3, 0.4) is 0 Å². The zero-order chi connectivity index (χ0) is 13.0. The Kier molecular flexibility index (Phi) is 4.12. The first kappa shape index (κ1) is 12.8. The Morgan fingerprint density at radius 1 is 1.17 bits per heavy atom. The lowest BCUT2D eigenvalue weighted by Gasteiger charge is -2.05. The molecular formula is C12H9Cl2N3O. The molecule has 0 saturated carbocycles. The molecule has 0 fully saturated rings. The summed E-state index contributed by atoms with van der Waals surface area (Å²) in [7, 11) is 0. The van der Waals surface area contributed by atoms with Crippen LogP contribution in [-0.2, 0) is 6.54 Å². The van der Waals surface area contributed by atoms with Crippen molar-refractivity contribution in [2.24, 2.45) is 0 Å². The van der Waals surface area contributed by atoms with Crippen LogP contribution in [-0.4, -0.2) is 15.9 Å². The molecule has 0 radical (unpaired) electrons. The SMILES string of the molecule is O=C(NCc1ccc(Cl)c(Cl)c1)c1cncnc1. The summed E-state index contributed by atoms with van der Waals surface area (Å²) >= 11 is 11.7. The Labute approximate surface area is 114 Å². The van der Waals surface area contributed by atoms with Gasteiger partial charge in [0, 0.05) is 18.9 Å². The Morgan fingerprint density at radius 2 is 1.89 bits per heavy atom. The van der Waals surface area contributed by atoms with Gasteiger partial charge < -0.3 is 5.32 Å². The van der Waals surface area contributed by atoms with Gasteiger partial charge >= 0.3 is 0 Å². The Bertz CT molecular complexity index is 561. The number of halogens is 2. The summed E-state index contributed by atoms with van der Waals surface area (Å²) in [5, 5.41) is 3.69. The molecule has 0 atom stereocenters. The molecule has 18 heavy (non-hydrogen) atoms. The third kappa shape index (κ3) is 3.18. The molecule has 1 aromatic heterocycles. The predicted molar refractivity (Wildman–Crippen MR) is 69.7 cm³/mol. The van der Waals surface area contributed by atoms with E-state index < -0.39 is 0 Å². The molecule has 1 aromatic carbocycles. The van der Waals surface area contributed by atoms with Crippen LogP contribution in [0.1, 0.15) is 15.9 Å². The fraction of sp³-hybridized carbons (Fsp3) is 0.0833. The monoisotopic (exact) mass is 281 g/mol. The second-order valence-corrected chi connectivity index (χ2v) is 4.37. The summed E-state index contributed by atoms with van der Waals surface area (Å²) < 4.78 is 0. The van der Waals surface area contributed by atoms with E-state index in [4.69, 9.17) is 23.2 Å². The van der Waals surface area contributed by atoms with E-state index >= 15 is 0 Å². The first-order valence-corrected chi connectivity index (χ1v) is 5.89. The highest BCUT2D eigenvalue weighted by Gasteiger charge is 2.06. The van der Waals surface area contributed by atoms with Crippen molar-refractivity contribution in [1.82, 2.24) is 15.3 Å². The van der Waals surface area contributed by atoms with E-state index in [2.05, 4.69) is 15.3 Å². The normalized spacial score (nSPS) is 10.1. The van der Waals surface area contributed by atoms with Gasteiger partial charge in [0.15, 0.2) is 0 Å². The van der Waals surface area contributed by atoms with Gasteiger partial charge in [0.2, 0.25) is 0 Å². The van der Waals surface area contributed by atoms with E-state index in [1.807, 2.05) is 0 Å². The number of carbonyl (C=O) groups is 1. The first-order chi connectivity index (χ1) is 8.66. The minimum Gasteiger partial charge on any atom is -0.348 e. The minimum absolute atomic E-state index is 0.235. The van der Waals surface area contributed by atoms with Crippen LogP contribution in [0.4, 0.5) is 0 Å². The maximum atomic E-state index is 11.7. The largest absolute Gasteiger partial charge is 0.348 e. The number of aromatic nitrogens is 2. The van der Waals surface area contributed by atoms with Gasteiger partial charge in [-0.15, -0.1) is 0 Å². The third-order valence-electron chi connectivity index (χ3n) is 2.26. The number of nitrogens with one attached hydrogen (secondary N) is 1. The molecule has 0 aliphatic heterocycles. The van der Waals surface area contributed by atoms with Crippen molar-refractivity contribution in [1.29, 1.82) is 0 Å². The number of carbonyl (C=O) groups excluding carboxylic acids is 1.